The van der Waals surface area contributed by atoms with E-state index in [9.17, 15) is 20.1 Å². The molecule has 5 rings (SSSR count). The van der Waals surface area contributed by atoms with E-state index in [2.05, 4.69) is 31.3 Å². The summed E-state index contributed by atoms with van der Waals surface area (Å²) in [5, 5.41) is 35.6. The maximum atomic E-state index is 12.5. The number of fused-ring (bicyclic) bond motifs is 5. The molecule has 0 spiro atoms. The monoisotopic (exact) mass is 510 g/mol. The molecule has 1 aromatic rings. The van der Waals surface area contributed by atoms with Gasteiger partial charge in [0.2, 0.25) is 5.91 Å². The van der Waals surface area contributed by atoms with Crippen LogP contribution in [0.1, 0.15) is 90.5 Å². The van der Waals surface area contributed by atoms with E-state index in [4.69, 9.17) is 0 Å². The highest BCUT2D eigenvalue weighted by Gasteiger charge is 2.62. The molecule has 4 saturated carbocycles. The fraction of sp³-hybridized carbons (Fsp3) is 0.742. The SMILES string of the molecule is C[C@@H](CCC(=O)N/N=C\c1ccccc1O)[C@@H]1CC[C@@H]2[C@H]3[C@H](O)C[C@H]4C[C@@H](O)CC[C@]4(C)[C@@H]3CC[C@]21C. The van der Waals surface area contributed by atoms with E-state index in [1.807, 2.05) is 6.07 Å². The summed E-state index contributed by atoms with van der Waals surface area (Å²) in [6, 6.07) is 6.91. The number of para-hydroxylation sites is 1. The van der Waals surface area contributed by atoms with E-state index in [1.54, 1.807) is 18.2 Å². The molecule has 0 heterocycles. The molecule has 1 amide bonds. The zero-order valence-electron chi connectivity index (χ0n) is 22.8. The fourth-order valence-electron chi connectivity index (χ4n) is 9.56. The third kappa shape index (κ3) is 4.85. The van der Waals surface area contributed by atoms with Gasteiger partial charge in [-0.05, 0) is 116 Å². The summed E-state index contributed by atoms with van der Waals surface area (Å²) in [6.45, 7) is 7.25. The molecular weight excluding hydrogens is 464 g/mol. The molecule has 4 fully saturated rings. The zero-order chi connectivity index (χ0) is 26.4. The number of carbonyl (C=O) groups is 1. The van der Waals surface area contributed by atoms with Gasteiger partial charge in [0.05, 0.1) is 18.4 Å². The van der Waals surface area contributed by atoms with Crippen LogP contribution in [0.2, 0.25) is 0 Å². The number of nitrogens with one attached hydrogen (secondary N) is 1. The van der Waals surface area contributed by atoms with Crippen molar-refractivity contribution in [3.63, 3.8) is 0 Å². The number of hydrogen-bond acceptors (Lipinski definition) is 5. The van der Waals surface area contributed by atoms with Crippen LogP contribution < -0.4 is 5.43 Å². The van der Waals surface area contributed by atoms with Crippen molar-refractivity contribution in [3.8, 4) is 5.75 Å². The molecule has 0 unspecified atom stereocenters. The van der Waals surface area contributed by atoms with Crippen LogP contribution >= 0.6 is 0 Å². The molecule has 0 aromatic heterocycles. The number of aliphatic hydroxyl groups is 2. The summed E-state index contributed by atoms with van der Waals surface area (Å²) in [7, 11) is 0. The molecule has 0 aliphatic heterocycles. The van der Waals surface area contributed by atoms with Gasteiger partial charge in [-0.2, -0.15) is 5.10 Å². The number of rotatable bonds is 6. The topological polar surface area (TPSA) is 102 Å². The van der Waals surface area contributed by atoms with Crippen LogP contribution in [0.15, 0.2) is 29.4 Å². The Morgan fingerprint density at radius 3 is 2.59 bits per heavy atom. The van der Waals surface area contributed by atoms with Gasteiger partial charge in [-0.25, -0.2) is 5.43 Å². The van der Waals surface area contributed by atoms with E-state index in [0.717, 1.165) is 32.1 Å². The number of phenols is 1. The highest BCUT2D eigenvalue weighted by molar-refractivity contribution is 5.84. The molecule has 6 nitrogen and oxygen atoms in total. The molecule has 1 aromatic carbocycles. The van der Waals surface area contributed by atoms with Gasteiger partial charge >= 0.3 is 0 Å². The first-order valence-corrected chi connectivity index (χ1v) is 14.6. The number of benzene rings is 1. The number of aromatic hydroxyl groups is 1. The normalized spacial score (nSPS) is 42.0. The van der Waals surface area contributed by atoms with E-state index < -0.39 is 0 Å². The van der Waals surface area contributed by atoms with Gasteiger partial charge in [-0.3, -0.25) is 4.79 Å². The number of amides is 1. The molecule has 4 N–H and O–H groups in total. The first kappa shape index (κ1) is 26.7. The number of phenolic OH excluding ortho intramolecular Hbond substituents is 1. The van der Waals surface area contributed by atoms with Gasteiger partial charge in [-0.1, -0.05) is 32.9 Å². The van der Waals surface area contributed by atoms with E-state index in [1.165, 1.54) is 31.9 Å². The summed E-state index contributed by atoms with van der Waals surface area (Å²) >= 11 is 0. The second kappa shape index (κ2) is 10.3. The minimum atomic E-state index is -0.250. The third-order valence-corrected chi connectivity index (χ3v) is 11.6. The maximum absolute atomic E-state index is 12.5. The number of carbonyl (C=O) groups excluding carboxylic acids is 1. The van der Waals surface area contributed by atoms with Gasteiger partial charge in [0.1, 0.15) is 5.75 Å². The molecule has 204 valence electrons. The van der Waals surface area contributed by atoms with Crippen molar-refractivity contribution in [1.82, 2.24) is 5.43 Å². The lowest BCUT2D eigenvalue weighted by Crippen LogP contribution is -2.58. The van der Waals surface area contributed by atoms with Crippen molar-refractivity contribution in [3.05, 3.63) is 29.8 Å². The van der Waals surface area contributed by atoms with Crippen molar-refractivity contribution >= 4 is 12.1 Å². The molecule has 0 radical (unpaired) electrons. The maximum Gasteiger partial charge on any atom is 0.240 e. The Morgan fingerprint density at radius 1 is 1.08 bits per heavy atom. The van der Waals surface area contributed by atoms with Crippen LogP contribution in [0.25, 0.3) is 0 Å². The number of aliphatic hydroxyl groups excluding tert-OH is 2. The number of nitrogens with zero attached hydrogens (tertiary/aromatic N) is 1. The summed E-state index contributed by atoms with van der Waals surface area (Å²) in [5.41, 5.74) is 3.66. The summed E-state index contributed by atoms with van der Waals surface area (Å²) in [4.78, 5) is 12.5. The van der Waals surface area contributed by atoms with Crippen molar-refractivity contribution in [1.29, 1.82) is 0 Å². The van der Waals surface area contributed by atoms with Crippen molar-refractivity contribution < 1.29 is 20.1 Å². The van der Waals surface area contributed by atoms with E-state index >= 15 is 0 Å². The largest absolute Gasteiger partial charge is 0.507 e. The van der Waals surface area contributed by atoms with Gasteiger partial charge in [0.25, 0.3) is 0 Å². The average Bonchev–Trinajstić information content (AvgIpc) is 3.22. The Balaban J connectivity index is 1.19. The standard InChI is InChI=1S/C31H46N2O4/c1-19(8-11-28(37)33-32-18-20-6-4-5-7-26(20)35)23-9-10-24-29-25(13-15-31(23,24)3)30(2)14-12-22(34)16-21(30)17-27(29)36/h4-7,18-19,21-25,27,29,34-36H,8-17H2,1-3H3,(H,33,37)/b32-18-/t19-,21+,22-,23-,24+,25+,27+,29+,30-,31-/m0/s1. The predicted octanol–water partition coefficient (Wildman–Crippen LogP) is 5.25. The second-order valence-electron chi connectivity index (χ2n) is 13.3. The Labute approximate surface area is 221 Å². The zero-order valence-corrected chi connectivity index (χ0v) is 22.8. The molecule has 0 bridgehead atoms. The van der Waals surface area contributed by atoms with E-state index in [0.29, 0.717) is 47.5 Å². The van der Waals surface area contributed by atoms with Gasteiger partial charge in [0.15, 0.2) is 0 Å². The lowest BCUT2D eigenvalue weighted by Gasteiger charge is -2.62. The Morgan fingerprint density at radius 2 is 1.81 bits per heavy atom. The number of hydrogen-bond donors (Lipinski definition) is 4. The quantitative estimate of drug-likeness (QED) is 0.310. The van der Waals surface area contributed by atoms with Gasteiger partial charge in [-0.15, -0.1) is 0 Å². The highest BCUT2D eigenvalue weighted by atomic mass is 16.3. The molecule has 4 aliphatic carbocycles. The van der Waals surface area contributed by atoms with Crippen LogP contribution in [0.3, 0.4) is 0 Å². The van der Waals surface area contributed by atoms with Crippen molar-refractivity contribution in [2.75, 3.05) is 0 Å². The van der Waals surface area contributed by atoms with Crippen LogP contribution in [0, 0.1) is 46.3 Å². The lowest BCUT2D eigenvalue weighted by molar-refractivity contribution is -0.174. The Hall–Kier alpha value is -1.92. The Kier molecular flexibility index (Phi) is 7.45. The first-order chi connectivity index (χ1) is 17.6. The minimum absolute atomic E-state index is 0.0944. The van der Waals surface area contributed by atoms with Crippen molar-refractivity contribution in [2.24, 2.45) is 51.4 Å². The number of hydrazone groups is 1. The van der Waals surface area contributed by atoms with Crippen LogP contribution in [0.5, 0.6) is 5.75 Å². The first-order valence-electron chi connectivity index (χ1n) is 14.6. The lowest BCUT2D eigenvalue weighted by atomic mass is 9.43. The summed E-state index contributed by atoms with van der Waals surface area (Å²) in [5.74, 6) is 2.99. The molecule has 10 atom stereocenters. The molecule has 0 saturated heterocycles. The van der Waals surface area contributed by atoms with E-state index in [-0.39, 0.29) is 34.7 Å². The Bertz CT molecular complexity index is 1010. The van der Waals surface area contributed by atoms with Gasteiger partial charge < -0.3 is 15.3 Å². The fourth-order valence-corrected chi connectivity index (χ4v) is 9.56. The van der Waals surface area contributed by atoms with Crippen LogP contribution in [-0.2, 0) is 4.79 Å². The van der Waals surface area contributed by atoms with Gasteiger partial charge in [0, 0.05) is 12.0 Å². The van der Waals surface area contributed by atoms with Crippen LogP contribution in [-0.4, -0.2) is 39.6 Å². The minimum Gasteiger partial charge on any atom is -0.507 e. The molecule has 37 heavy (non-hydrogen) atoms. The molecule has 6 heteroatoms. The summed E-state index contributed by atoms with van der Waals surface area (Å²) < 4.78 is 0. The molecular formula is C31H46N2O4. The smallest absolute Gasteiger partial charge is 0.240 e. The second-order valence-corrected chi connectivity index (χ2v) is 13.3. The summed E-state index contributed by atoms with van der Waals surface area (Å²) in [6.07, 6.45) is 10.8. The molecule has 4 aliphatic rings. The van der Waals surface area contributed by atoms with Crippen molar-refractivity contribution in [2.45, 2.75) is 97.2 Å². The van der Waals surface area contributed by atoms with Crippen LogP contribution in [0.4, 0.5) is 0 Å². The highest BCUT2D eigenvalue weighted by Crippen LogP contribution is 2.68. The third-order valence-electron chi connectivity index (χ3n) is 11.6. The average molecular weight is 511 g/mol. The predicted molar refractivity (Wildman–Crippen MR) is 145 cm³/mol.